The first kappa shape index (κ1) is 16.8. The molecule has 1 saturated heterocycles. The van der Waals surface area contributed by atoms with Gasteiger partial charge in [0.1, 0.15) is 0 Å². The average Bonchev–Trinajstić information content (AvgIpc) is 2.39. The van der Waals surface area contributed by atoms with Crippen molar-refractivity contribution in [1.29, 1.82) is 0 Å². The molecule has 19 heavy (non-hydrogen) atoms. The summed E-state index contributed by atoms with van der Waals surface area (Å²) in [5.41, 5.74) is 0. The Balaban J connectivity index is 2.62. The highest BCUT2D eigenvalue weighted by Gasteiger charge is 2.31. The lowest BCUT2D eigenvalue weighted by molar-refractivity contribution is 0.147. The van der Waals surface area contributed by atoms with Crippen LogP contribution in [0.15, 0.2) is 0 Å². The molecule has 1 rings (SSSR count). The van der Waals surface area contributed by atoms with Gasteiger partial charge in [-0.25, -0.2) is 0 Å². The molecule has 0 saturated carbocycles. The Labute approximate surface area is 117 Å². The van der Waals surface area contributed by atoms with E-state index < -0.39 is 10.2 Å². The van der Waals surface area contributed by atoms with Crippen molar-refractivity contribution in [2.45, 2.75) is 26.7 Å². The Kier molecular flexibility index (Phi) is 7.23. The van der Waals surface area contributed by atoms with E-state index in [1.54, 1.807) is 8.61 Å². The van der Waals surface area contributed by atoms with E-state index in [-0.39, 0.29) is 6.61 Å². The molecule has 6 nitrogen and oxygen atoms in total. The Hall–Kier alpha value is -0.210. The van der Waals surface area contributed by atoms with Gasteiger partial charge in [0, 0.05) is 45.8 Å². The number of nitrogens with zero attached hydrogens (tertiary/aromatic N) is 3. The molecule has 1 fully saturated rings. The van der Waals surface area contributed by atoms with Crippen molar-refractivity contribution < 1.29 is 13.5 Å². The van der Waals surface area contributed by atoms with Crippen LogP contribution in [-0.4, -0.2) is 79.5 Å². The minimum atomic E-state index is -3.31. The average molecular weight is 293 g/mol. The molecular formula is C12H27N3O3S. The van der Waals surface area contributed by atoms with Gasteiger partial charge >= 0.3 is 0 Å². The molecular weight excluding hydrogens is 266 g/mol. The van der Waals surface area contributed by atoms with Crippen molar-refractivity contribution in [3.05, 3.63) is 0 Å². The van der Waals surface area contributed by atoms with E-state index in [9.17, 15) is 8.42 Å². The van der Waals surface area contributed by atoms with Gasteiger partial charge in [0.25, 0.3) is 10.2 Å². The van der Waals surface area contributed by atoms with Crippen LogP contribution in [0.25, 0.3) is 0 Å². The maximum Gasteiger partial charge on any atom is 0.282 e. The number of piperazine rings is 1. The molecule has 1 heterocycles. The second-order valence-electron chi connectivity index (χ2n) is 4.87. The summed E-state index contributed by atoms with van der Waals surface area (Å²) in [7, 11) is -3.31. The normalized spacial score (nSPS) is 19.2. The summed E-state index contributed by atoms with van der Waals surface area (Å²) < 4.78 is 28.2. The number of hydrogen-bond acceptors (Lipinski definition) is 4. The molecule has 0 radical (unpaired) electrons. The van der Waals surface area contributed by atoms with Crippen LogP contribution in [0.1, 0.15) is 26.7 Å². The van der Waals surface area contributed by atoms with Crippen molar-refractivity contribution in [1.82, 2.24) is 13.5 Å². The van der Waals surface area contributed by atoms with E-state index in [1.807, 2.05) is 13.8 Å². The zero-order chi connectivity index (χ0) is 14.3. The summed E-state index contributed by atoms with van der Waals surface area (Å²) >= 11 is 0. The molecule has 0 amide bonds. The molecule has 0 bridgehead atoms. The predicted octanol–water partition coefficient (Wildman–Crippen LogP) is -0.0369. The first-order chi connectivity index (χ1) is 9.06. The van der Waals surface area contributed by atoms with Crippen LogP contribution in [-0.2, 0) is 10.2 Å². The summed E-state index contributed by atoms with van der Waals surface area (Å²) in [5, 5.41) is 8.89. The quantitative estimate of drug-likeness (QED) is 0.682. The Morgan fingerprint density at radius 3 is 2.00 bits per heavy atom. The fourth-order valence-corrected chi connectivity index (χ4v) is 4.11. The van der Waals surface area contributed by atoms with E-state index in [2.05, 4.69) is 4.90 Å². The topological polar surface area (TPSA) is 64.1 Å². The molecule has 0 aromatic rings. The lowest BCUT2D eigenvalue weighted by Gasteiger charge is -2.36. The maximum absolute atomic E-state index is 12.5. The predicted molar refractivity (Wildman–Crippen MR) is 76.2 cm³/mol. The molecule has 1 N–H and O–H groups in total. The summed E-state index contributed by atoms with van der Waals surface area (Å²) in [5.74, 6) is 0. The SMILES string of the molecule is CCCN(CCC)S(=O)(=O)N1CCN(CCO)CC1. The van der Waals surface area contributed by atoms with E-state index in [0.29, 0.717) is 45.8 Å². The van der Waals surface area contributed by atoms with Crippen LogP contribution in [0.3, 0.4) is 0 Å². The third-order valence-corrected chi connectivity index (χ3v) is 5.38. The summed E-state index contributed by atoms with van der Waals surface area (Å²) in [4.78, 5) is 2.09. The smallest absolute Gasteiger partial charge is 0.282 e. The first-order valence-electron chi connectivity index (χ1n) is 7.14. The Morgan fingerprint density at radius 1 is 1.05 bits per heavy atom. The number of rotatable bonds is 8. The molecule has 0 aromatic heterocycles. The second-order valence-corrected chi connectivity index (χ2v) is 6.80. The fraction of sp³-hybridized carbons (Fsp3) is 1.00. The molecule has 0 aromatic carbocycles. The third kappa shape index (κ3) is 4.68. The van der Waals surface area contributed by atoms with E-state index >= 15 is 0 Å². The first-order valence-corrected chi connectivity index (χ1v) is 8.54. The summed E-state index contributed by atoms with van der Waals surface area (Å²) in [6.07, 6.45) is 1.67. The standard InChI is InChI=1S/C12H27N3O3S/c1-3-5-14(6-4-2)19(17,18)15-9-7-13(8-10-15)11-12-16/h16H,3-12H2,1-2H3. The highest BCUT2D eigenvalue weighted by Crippen LogP contribution is 2.13. The zero-order valence-corrected chi connectivity index (χ0v) is 12.9. The molecule has 1 aliphatic heterocycles. The minimum Gasteiger partial charge on any atom is -0.395 e. The number of hydrogen-bond donors (Lipinski definition) is 1. The van der Waals surface area contributed by atoms with Gasteiger partial charge in [-0.2, -0.15) is 17.0 Å². The molecule has 1 aliphatic rings. The van der Waals surface area contributed by atoms with Gasteiger partial charge in [-0.05, 0) is 12.8 Å². The number of β-amino-alcohol motifs (C(OH)–C–C–N with tert-alkyl or cyclic N) is 1. The van der Waals surface area contributed by atoms with Gasteiger partial charge in [0.2, 0.25) is 0 Å². The van der Waals surface area contributed by atoms with Gasteiger partial charge in [0.15, 0.2) is 0 Å². The van der Waals surface area contributed by atoms with Gasteiger partial charge < -0.3 is 5.11 Å². The maximum atomic E-state index is 12.5. The molecule has 114 valence electrons. The van der Waals surface area contributed by atoms with Crippen LogP contribution in [0.2, 0.25) is 0 Å². The fourth-order valence-electron chi connectivity index (χ4n) is 2.33. The molecule has 0 aliphatic carbocycles. The van der Waals surface area contributed by atoms with Crippen molar-refractivity contribution in [2.24, 2.45) is 0 Å². The van der Waals surface area contributed by atoms with Gasteiger partial charge in [-0.1, -0.05) is 13.8 Å². The van der Waals surface area contributed by atoms with Crippen molar-refractivity contribution in [3.8, 4) is 0 Å². The zero-order valence-electron chi connectivity index (χ0n) is 12.1. The van der Waals surface area contributed by atoms with Gasteiger partial charge in [-0.3, -0.25) is 4.90 Å². The third-order valence-electron chi connectivity index (χ3n) is 3.35. The van der Waals surface area contributed by atoms with Crippen molar-refractivity contribution in [2.75, 3.05) is 52.4 Å². The lowest BCUT2D eigenvalue weighted by atomic mass is 10.4. The monoisotopic (exact) mass is 293 g/mol. The second kappa shape index (κ2) is 8.16. The molecule has 0 unspecified atom stereocenters. The highest BCUT2D eigenvalue weighted by atomic mass is 32.2. The number of aliphatic hydroxyl groups excluding tert-OH is 1. The van der Waals surface area contributed by atoms with Gasteiger partial charge in [0.05, 0.1) is 6.61 Å². The largest absolute Gasteiger partial charge is 0.395 e. The van der Waals surface area contributed by atoms with Crippen LogP contribution in [0, 0.1) is 0 Å². The molecule has 7 heteroatoms. The van der Waals surface area contributed by atoms with Crippen molar-refractivity contribution in [3.63, 3.8) is 0 Å². The minimum absolute atomic E-state index is 0.130. The van der Waals surface area contributed by atoms with E-state index in [0.717, 1.165) is 12.8 Å². The van der Waals surface area contributed by atoms with Gasteiger partial charge in [-0.15, -0.1) is 0 Å². The van der Waals surface area contributed by atoms with Crippen molar-refractivity contribution >= 4 is 10.2 Å². The number of aliphatic hydroxyl groups is 1. The van der Waals surface area contributed by atoms with Crippen LogP contribution in [0.4, 0.5) is 0 Å². The van der Waals surface area contributed by atoms with Crippen LogP contribution < -0.4 is 0 Å². The highest BCUT2D eigenvalue weighted by molar-refractivity contribution is 7.86. The van der Waals surface area contributed by atoms with Crippen LogP contribution >= 0.6 is 0 Å². The lowest BCUT2D eigenvalue weighted by Crippen LogP contribution is -2.53. The molecule has 0 atom stereocenters. The Bertz CT molecular complexity index is 334. The summed E-state index contributed by atoms with van der Waals surface area (Å²) in [6.45, 7) is 8.37. The van der Waals surface area contributed by atoms with Crippen LogP contribution in [0.5, 0.6) is 0 Å². The van der Waals surface area contributed by atoms with E-state index in [4.69, 9.17) is 5.11 Å². The summed E-state index contributed by atoms with van der Waals surface area (Å²) in [6, 6.07) is 0. The molecule has 0 spiro atoms. The Morgan fingerprint density at radius 2 is 1.58 bits per heavy atom. The van der Waals surface area contributed by atoms with E-state index in [1.165, 1.54) is 0 Å².